The number of likely N-dealkylation sites (tertiary alicyclic amines) is 1. The van der Waals surface area contributed by atoms with E-state index in [0.717, 1.165) is 17.9 Å². The van der Waals surface area contributed by atoms with Gasteiger partial charge in [-0.1, -0.05) is 32.6 Å². The van der Waals surface area contributed by atoms with Crippen LogP contribution in [0.15, 0.2) is 0 Å². The molecule has 1 heterocycles. The van der Waals surface area contributed by atoms with Gasteiger partial charge in [0, 0.05) is 6.04 Å². The Hall–Kier alpha value is -0.0800. The highest BCUT2D eigenvalue weighted by Gasteiger charge is 2.23. The second kappa shape index (κ2) is 7.49. The summed E-state index contributed by atoms with van der Waals surface area (Å²) in [6.07, 6.45) is 10.1. The topological polar surface area (TPSA) is 15.3 Å². The zero-order valence-corrected chi connectivity index (χ0v) is 12.5. The molecule has 2 nitrogen and oxygen atoms in total. The van der Waals surface area contributed by atoms with Gasteiger partial charge in [-0.05, 0) is 64.2 Å². The van der Waals surface area contributed by atoms with Crippen molar-refractivity contribution >= 4 is 0 Å². The molecule has 2 heteroatoms. The molecule has 18 heavy (non-hydrogen) atoms. The smallest absolute Gasteiger partial charge is 0.00679 e. The lowest BCUT2D eigenvalue weighted by atomic mass is 9.90. The molecular formula is C16H32N2. The molecule has 1 aliphatic heterocycles. The SMILES string of the molecule is CCN1CCC(C(C)NCCC2CCCC2)CC1. The summed E-state index contributed by atoms with van der Waals surface area (Å²) in [7, 11) is 0. The van der Waals surface area contributed by atoms with Crippen LogP contribution in [0.1, 0.15) is 58.8 Å². The van der Waals surface area contributed by atoms with E-state index < -0.39 is 0 Å². The number of nitrogens with one attached hydrogen (secondary N) is 1. The Bertz CT molecular complexity index is 215. The van der Waals surface area contributed by atoms with Gasteiger partial charge in [-0.15, -0.1) is 0 Å². The summed E-state index contributed by atoms with van der Waals surface area (Å²) >= 11 is 0. The Morgan fingerprint density at radius 2 is 1.78 bits per heavy atom. The number of nitrogens with zero attached hydrogens (tertiary/aromatic N) is 1. The molecule has 0 aromatic rings. The number of piperidine rings is 1. The molecule has 0 radical (unpaired) electrons. The number of hydrogen-bond acceptors (Lipinski definition) is 2. The molecule has 0 aromatic heterocycles. The van der Waals surface area contributed by atoms with Crippen LogP contribution in [0.3, 0.4) is 0 Å². The largest absolute Gasteiger partial charge is 0.314 e. The normalized spacial score (nSPS) is 25.7. The summed E-state index contributed by atoms with van der Waals surface area (Å²) in [5.74, 6) is 1.95. The van der Waals surface area contributed by atoms with Gasteiger partial charge in [-0.2, -0.15) is 0 Å². The monoisotopic (exact) mass is 252 g/mol. The van der Waals surface area contributed by atoms with E-state index in [4.69, 9.17) is 0 Å². The predicted molar refractivity (Wildman–Crippen MR) is 78.9 cm³/mol. The highest BCUT2D eigenvalue weighted by Crippen LogP contribution is 2.27. The summed E-state index contributed by atoms with van der Waals surface area (Å²) in [5, 5.41) is 3.79. The molecule has 1 aliphatic carbocycles. The first-order valence-corrected chi connectivity index (χ1v) is 8.25. The third-order valence-corrected chi connectivity index (χ3v) is 5.28. The van der Waals surface area contributed by atoms with Crippen LogP contribution >= 0.6 is 0 Å². The minimum Gasteiger partial charge on any atom is -0.314 e. The molecule has 1 N–H and O–H groups in total. The van der Waals surface area contributed by atoms with Crippen LogP contribution in [-0.4, -0.2) is 37.1 Å². The van der Waals surface area contributed by atoms with Crippen molar-refractivity contribution in [3.05, 3.63) is 0 Å². The Kier molecular flexibility index (Phi) is 5.97. The highest BCUT2D eigenvalue weighted by atomic mass is 15.1. The van der Waals surface area contributed by atoms with Crippen LogP contribution in [0.25, 0.3) is 0 Å². The highest BCUT2D eigenvalue weighted by molar-refractivity contribution is 4.79. The van der Waals surface area contributed by atoms with Crippen molar-refractivity contribution in [3.8, 4) is 0 Å². The van der Waals surface area contributed by atoms with Crippen molar-refractivity contribution in [3.63, 3.8) is 0 Å². The van der Waals surface area contributed by atoms with Crippen LogP contribution in [-0.2, 0) is 0 Å². The van der Waals surface area contributed by atoms with Crippen molar-refractivity contribution in [2.75, 3.05) is 26.2 Å². The lowest BCUT2D eigenvalue weighted by Gasteiger charge is -2.34. The summed E-state index contributed by atoms with van der Waals surface area (Å²) in [4.78, 5) is 2.59. The van der Waals surface area contributed by atoms with Gasteiger partial charge in [-0.3, -0.25) is 0 Å². The maximum absolute atomic E-state index is 3.79. The van der Waals surface area contributed by atoms with Gasteiger partial charge < -0.3 is 10.2 Å². The zero-order valence-electron chi connectivity index (χ0n) is 12.5. The maximum Gasteiger partial charge on any atom is 0.00679 e. The fourth-order valence-corrected chi connectivity index (χ4v) is 3.75. The molecule has 1 unspecified atom stereocenters. The second-order valence-corrected chi connectivity index (χ2v) is 6.45. The van der Waals surface area contributed by atoms with Crippen LogP contribution < -0.4 is 5.32 Å². The summed E-state index contributed by atoms with van der Waals surface area (Å²) in [6, 6.07) is 0.727. The average Bonchev–Trinajstić information content (AvgIpc) is 2.92. The minimum atomic E-state index is 0.727. The van der Waals surface area contributed by atoms with Gasteiger partial charge in [0.1, 0.15) is 0 Å². The third-order valence-electron chi connectivity index (χ3n) is 5.28. The van der Waals surface area contributed by atoms with E-state index in [2.05, 4.69) is 24.1 Å². The molecule has 0 aromatic carbocycles. The molecule has 1 atom stereocenters. The molecule has 2 aliphatic rings. The van der Waals surface area contributed by atoms with Crippen molar-refractivity contribution in [2.24, 2.45) is 11.8 Å². The first-order valence-electron chi connectivity index (χ1n) is 8.25. The van der Waals surface area contributed by atoms with Gasteiger partial charge in [-0.25, -0.2) is 0 Å². The second-order valence-electron chi connectivity index (χ2n) is 6.45. The van der Waals surface area contributed by atoms with E-state index in [1.54, 1.807) is 0 Å². The van der Waals surface area contributed by atoms with E-state index in [0.29, 0.717) is 0 Å². The summed E-state index contributed by atoms with van der Waals surface area (Å²) < 4.78 is 0. The van der Waals surface area contributed by atoms with Gasteiger partial charge in [0.25, 0.3) is 0 Å². The molecule has 0 bridgehead atoms. The fourth-order valence-electron chi connectivity index (χ4n) is 3.75. The van der Waals surface area contributed by atoms with Crippen molar-refractivity contribution in [1.82, 2.24) is 10.2 Å². The van der Waals surface area contributed by atoms with Crippen molar-refractivity contribution in [2.45, 2.75) is 64.8 Å². The molecule has 1 saturated heterocycles. The van der Waals surface area contributed by atoms with Gasteiger partial charge >= 0.3 is 0 Å². The standard InChI is InChI=1S/C16H32N2/c1-3-18-12-9-16(10-13-18)14(2)17-11-8-15-6-4-5-7-15/h14-17H,3-13H2,1-2H3. The van der Waals surface area contributed by atoms with Crippen LogP contribution in [0.5, 0.6) is 0 Å². The predicted octanol–water partition coefficient (Wildman–Crippen LogP) is 3.28. The van der Waals surface area contributed by atoms with Crippen LogP contribution in [0.4, 0.5) is 0 Å². The van der Waals surface area contributed by atoms with Crippen molar-refractivity contribution < 1.29 is 0 Å². The first-order chi connectivity index (χ1) is 8.79. The Labute approximate surface area is 114 Å². The molecule has 2 fully saturated rings. The van der Waals surface area contributed by atoms with Gasteiger partial charge in [0.2, 0.25) is 0 Å². The van der Waals surface area contributed by atoms with Gasteiger partial charge in [0.05, 0.1) is 0 Å². The lowest BCUT2D eigenvalue weighted by molar-refractivity contribution is 0.168. The van der Waals surface area contributed by atoms with E-state index in [9.17, 15) is 0 Å². The van der Waals surface area contributed by atoms with Crippen molar-refractivity contribution in [1.29, 1.82) is 0 Å². The summed E-state index contributed by atoms with van der Waals surface area (Å²) in [5.41, 5.74) is 0. The molecule has 0 spiro atoms. The van der Waals surface area contributed by atoms with E-state index in [1.807, 2.05) is 0 Å². The quantitative estimate of drug-likeness (QED) is 0.780. The van der Waals surface area contributed by atoms with Crippen LogP contribution in [0, 0.1) is 11.8 Å². The Balaban J connectivity index is 1.58. The molecule has 2 rings (SSSR count). The van der Waals surface area contributed by atoms with Crippen LogP contribution in [0.2, 0.25) is 0 Å². The van der Waals surface area contributed by atoms with E-state index >= 15 is 0 Å². The van der Waals surface area contributed by atoms with E-state index in [1.165, 1.54) is 71.1 Å². The van der Waals surface area contributed by atoms with E-state index in [-0.39, 0.29) is 0 Å². The molecule has 1 saturated carbocycles. The number of hydrogen-bond donors (Lipinski definition) is 1. The zero-order chi connectivity index (χ0) is 12.8. The Morgan fingerprint density at radius 3 is 2.39 bits per heavy atom. The van der Waals surface area contributed by atoms with Gasteiger partial charge in [0.15, 0.2) is 0 Å². The Morgan fingerprint density at radius 1 is 1.11 bits per heavy atom. The number of rotatable bonds is 6. The molecule has 106 valence electrons. The first kappa shape index (κ1) is 14.3. The molecular weight excluding hydrogens is 220 g/mol. The summed E-state index contributed by atoms with van der Waals surface area (Å²) in [6.45, 7) is 9.80. The third kappa shape index (κ3) is 4.24. The fraction of sp³-hybridized carbons (Fsp3) is 1.00. The average molecular weight is 252 g/mol. The minimum absolute atomic E-state index is 0.727. The lowest BCUT2D eigenvalue weighted by Crippen LogP contribution is -2.42. The molecule has 0 amide bonds. The maximum atomic E-state index is 3.79.